The molecule has 0 radical (unpaired) electrons. The third kappa shape index (κ3) is 2.63. The van der Waals surface area contributed by atoms with Gasteiger partial charge in [0.15, 0.2) is 0 Å². The number of hydrogen-bond donors (Lipinski definition) is 1. The van der Waals surface area contributed by atoms with Gasteiger partial charge in [-0.2, -0.15) is 0 Å². The van der Waals surface area contributed by atoms with Crippen LogP contribution in [0, 0.1) is 5.92 Å². The quantitative estimate of drug-likeness (QED) is 0.760. The van der Waals surface area contributed by atoms with Crippen molar-refractivity contribution in [3.8, 4) is 0 Å². The minimum Gasteiger partial charge on any atom is -0.350 e. The Morgan fingerprint density at radius 3 is 2.81 bits per heavy atom. The van der Waals surface area contributed by atoms with Crippen LogP contribution in [0.15, 0.2) is 43.0 Å². The molecule has 26 heavy (non-hydrogen) atoms. The van der Waals surface area contributed by atoms with E-state index < -0.39 is 0 Å². The maximum atomic E-state index is 12.7. The SMILES string of the molecule is CN1C(=O)C[C@@H](CNC(=O)c2cccc3nccn23)[C@@H]1c1nccn1C. The summed E-state index contributed by atoms with van der Waals surface area (Å²) < 4.78 is 3.66. The monoisotopic (exact) mass is 352 g/mol. The Hall–Kier alpha value is -3.16. The lowest BCUT2D eigenvalue weighted by Crippen LogP contribution is -2.34. The summed E-state index contributed by atoms with van der Waals surface area (Å²) in [5.41, 5.74) is 1.24. The summed E-state index contributed by atoms with van der Waals surface area (Å²) in [6, 6.07) is 5.26. The number of aryl methyl sites for hydroxylation is 1. The van der Waals surface area contributed by atoms with Crippen LogP contribution in [0.1, 0.15) is 28.8 Å². The molecule has 1 saturated heterocycles. The van der Waals surface area contributed by atoms with Gasteiger partial charge in [0.25, 0.3) is 5.91 Å². The lowest BCUT2D eigenvalue weighted by atomic mass is 9.99. The second kappa shape index (κ2) is 6.29. The molecule has 1 aliphatic heterocycles. The van der Waals surface area contributed by atoms with E-state index in [-0.39, 0.29) is 23.8 Å². The topological polar surface area (TPSA) is 84.5 Å². The predicted octanol–water partition coefficient (Wildman–Crippen LogP) is 1.02. The van der Waals surface area contributed by atoms with Crippen molar-refractivity contribution in [3.63, 3.8) is 0 Å². The van der Waals surface area contributed by atoms with Crippen molar-refractivity contribution in [1.29, 1.82) is 0 Å². The molecule has 3 aromatic heterocycles. The summed E-state index contributed by atoms with van der Waals surface area (Å²) in [5.74, 6) is 0.678. The van der Waals surface area contributed by atoms with E-state index in [9.17, 15) is 9.59 Å². The third-order valence-corrected chi connectivity index (χ3v) is 5.00. The fraction of sp³-hybridized carbons (Fsp3) is 0.333. The maximum absolute atomic E-state index is 12.7. The minimum atomic E-state index is -0.186. The maximum Gasteiger partial charge on any atom is 0.268 e. The molecule has 0 unspecified atom stereocenters. The highest BCUT2D eigenvalue weighted by Crippen LogP contribution is 2.35. The highest BCUT2D eigenvalue weighted by Gasteiger charge is 2.40. The number of rotatable bonds is 4. The van der Waals surface area contributed by atoms with Gasteiger partial charge in [0, 0.05) is 57.8 Å². The summed E-state index contributed by atoms with van der Waals surface area (Å²) in [4.78, 5) is 35.2. The zero-order chi connectivity index (χ0) is 18.3. The van der Waals surface area contributed by atoms with Gasteiger partial charge >= 0.3 is 0 Å². The molecule has 2 atom stereocenters. The number of hydrogen-bond acceptors (Lipinski definition) is 4. The van der Waals surface area contributed by atoms with Gasteiger partial charge in [-0.05, 0) is 12.1 Å². The number of carbonyl (C=O) groups excluding carboxylic acids is 2. The Morgan fingerprint density at radius 1 is 1.23 bits per heavy atom. The number of nitrogens with one attached hydrogen (secondary N) is 1. The Bertz CT molecular complexity index is 975. The number of pyridine rings is 1. The molecule has 4 rings (SSSR count). The fourth-order valence-corrected chi connectivity index (χ4v) is 3.63. The Balaban J connectivity index is 1.53. The van der Waals surface area contributed by atoms with Crippen LogP contribution >= 0.6 is 0 Å². The van der Waals surface area contributed by atoms with Crippen molar-refractivity contribution < 1.29 is 9.59 Å². The molecular formula is C18H20N6O2. The molecule has 1 aliphatic rings. The van der Waals surface area contributed by atoms with Crippen LogP contribution in [0.2, 0.25) is 0 Å². The zero-order valence-electron chi connectivity index (χ0n) is 14.7. The largest absolute Gasteiger partial charge is 0.350 e. The predicted molar refractivity (Wildman–Crippen MR) is 94.4 cm³/mol. The lowest BCUT2D eigenvalue weighted by Gasteiger charge is -2.24. The summed E-state index contributed by atoms with van der Waals surface area (Å²) in [6.45, 7) is 0.400. The Kier molecular flexibility index (Phi) is 3.95. The normalized spacial score (nSPS) is 20.1. The van der Waals surface area contributed by atoms with E-state index in [1.807, 2.05) is 23.9 Å². The first-order chi connectivity index (χ1) is 12.6. The van der Waals surface area contributed by atoms with Crippen molar-refractivity contribution in [1.82, 2.24) is 29.2 Å². The number of imidazole rings is 2. The number of carbonyl (C=O) groups is 2. The third-order valence-electron chi connectivity index (χ3n) is 5.00. The average molecular weight is 352 g/mol. The van der Waals surface area contributed by atoms with Gasteiger partial charge in [0.1, 0.15) is 17.2 Å². The van der Waals surface area contributed by atoms with Crippen LogP contribution < -0.4 is 5.32 Å². The first-order valence-electron chi connectivity index (χ1n) is 8.49. The van der Waals surface area contributed by atoms with E-state index in [4.69, 9.17) is 0 Å². The molecule has 0 aromatic carbocycles. The van der Waals surface area contributed by atoms with Crippen molar-refractivity contribution >= 4 is 17.5 Å². The summed E-state index contributed by atoms with van der Waals surface area (Å²) in [5, 5.41) is 2.97. The second-order valence-electron chi connectivity index (χ2n) is 6.59. The molecule has 134 valence electrons. The van der Waals surface area contributed by atoms with Crippen LogP contribution in [0.3, 0.4) is 0 Å². The van der Waals surface area contributed by atoms with Gasteiger partial charge in [-0.25, -0.2) is 9.97 Å². The molecule has 1 fully saturated rings. The molecule has 3 aromatic rings. The van der Waals surface area contributed by atoms with Crippen LogP contribution in [0.5, 0.6) is 0 Å². The van der Waals surface area contributed by atoms with Crippen molar-refractivity contribution in [2.45, 2.75) is 12.5 Å². The number of likely N-dealkylation sites (tertiary alicyclic amines) is 1. The number of nitrogens with zero attached hydrogens (tertiary/aromatic N) is 5. The first kappa shape index (κ1) is 16.3. The van der Waals surface area contributed by atoms with E-state index >= 15 is 0 Å². The number of fused-ring (bicyclic) bond motifs is 1. The number of amides is 2. The molecule has 0 aliphatic carbocycles. The van der Waals surface area contributed by atoms with Crippen molar-refractivity contribution in [3.05, 3.63) is 54.5 Å². The van der Waals surface area contributed by atoms with Crippen molar-refractivity contribution in [2.75, 3.05) is 13.6 Å². The molecule has 4 heterocycles. The molecule has 2 amide bonds. The number of aromatic nitrogens is 4. The highest BCUT2D eigenvalue weighted by atomic mass is 16.2. The molecule has 0 spiro atoms. The lowest BCUT2D eigenvalue weighted by molar-refractivity contribution is -0.127. The van der Waals surface area contributed by atoms with Crippen LogP contribution in [0.4, 0.5) is 0 Å². The summed E-state index contributed by atoms with van der Waals surface area (Å²) in [7, 11) is 3.70. The van der Waals surface area contributed by atoms with Gasteiger partial charge in [0.2, 0.25) is 5.91 Å². The average Bonchev–Trinajstić information content (AvgIpc) is 3.33. The molecule has 0 bridgehead atoms. The Labute approximate surface area is 150 Å². The van der Waals surface area contributed by atoms with E-state index in [0.717, 1.165) is 11.5 Å². The Morgan fingerprint density at radius 2 is 2.04 bits per heavy atom. The van der Waals surface area contributed by atoms with E-state index in [2.05, 4.69) is 15.3 Å². The molecular weight excluding hydrogens is 332 g/mol. The van der Waals surface area contributed by atoms with Gasteiger partial charge in [-0.1, -0.05) is 6.07 Å². The van der Waals surface area contributed by atoms with Gasteiger partial charge in [-0.15, -0.1) is 0 Å². The summed E-state index contributed by atoms with van der Waals surface area (Å²) >= 11 is 0. The molecule has 8 heteroatoms. The van der Waals surface area contributed by atoms with Crippen LogP contribution in [0.25, 0.3) is 5.65 Å². The smallest absolute Gasteiger partial charge is 0.268 e. The summed E-state index contributed by atoms with van der Waals surface area (Å²) in [6.07, 6.45) is 7.40. The second-order valence-corrected chi connectivity index (χ2v) is 6.59. The van der Waals surface area contributed by atoms with E-state index in [0.29, 0.717) is 18.7 Å². The fourth-order valence-electron chi connectivity index (χ4n) is 3.63. The molecule has 8 nitrogen and oxygen atoms in total. The minimum absolute atomic E-state index is 0.0282. The van der Waals surface area contributed by atoms with Crippen LogP contribution in [-0.2, 0) is 11.8 Å². The van der Waals surface area contributed by atoms with Crippen molar-refractivity contribution in [2.24, 2.45) is 13.0 Å². The van der Waals surface area contributed by atoms with Gasteiger partial charge in [-0.3, -0.25) is 14.0 Å². The first-order valence-corrected chi connectivity index (χ1v) is 8.49. The molecule has 0 saturated carbocycles. The van der Waals surface area contributed by atoms with Gasteiger partial charge < -0.3 is 14.8 Å². The van der Waals surface area contributed by atoms with Gasteiger partial charge in [0.05, 0.1) is 6.04 Å². The van der Waals surface area contributed by atoms with E-state index in [1.54, 1.807) is 47.1 Å². The standard InChI is InChI=1S/C18H20N6O2/c1-22-8-6-20-17(22)16-12(10-15(25)23(16)2)11-21-18(26)13-4-3-5-14-19-7-9-24(13)14/h3-9,12,16H,10-11H2,1-2H3,(H,21,26)/t12-,16+/m0/s1. The highest BCUT2D eigenvalue weighted by molar-refractivity contribution is 5.93. The zero-order valence-corrected chi connectivity index (χ0v) is 14.7. The van der Waals surface area contributed by atoms with E-state index in [1.165, 1.54) is 0 Å². The van der Waals surface area contributed by atoms with Crippen LogP contribution in [-0.4, -0.2) is 49.2 Å². The molecule has 1 N–H and O–H groups in total.